The molecule has 3 nitrogen and oxygen atoms in total. The standard InChI is InChI=1S/C24H15FN2OS/c25-19-14-8-7-13-18(19)15-20-23(28)27-22(17-11-5-2-6-12-17)21(26-24(27)29-20)16-9-3-1-4-10-16/h1-15H/b20-15+. The minimum Gasteiger partial charge on any atom is -0.267 e. The summed E-state index contributed by atoms with van der Waals surface area (Å²) in [4.78, 5) is 18.6. The third kappa shape index (κ3) is 3.05. The lowest BCUT2D eigenvalue weighted by Gasteiger charge is -2.04. The molecule has 0 radical (unpaired) electrons. The van der Waals surface area contributed by atoms with Crippen LogP contribution >= 0.6 is 11.3 Å². The first-order valence-electron chi connectivity index (χ1n) is 9.15. The number of halogens is 1. The number of thiazole rings is 1. The van der Waals surface area contributed by atoms with Crippen LogP contribution in [0.4, 0.5) is 4.39 Å². The molecule has 3 aromatic carbocycles. The topological polar surface area (TPSA) is 34.4 Å². The van der Waals surface area contributed by atoms with Crippen LogP contribution in [0, 0.1) is 5.82 Å². The molecule has 0 amide bonds. The Balaban J connectivity index is 1.82. The Morgan fingerprint density at radius 3 is 2.14 bits per heavy atom. The third-order valence-corrected chi connectivity index (χ3v) is 5.72. The molecule has 29 heavy (non-hydrogen) atoms. The van der Waals surface area contributed by atoms with E-state index >= 15 is 0 Å². The monoisotopic (exact) mass is 398 g/mol. The van der Waals surface area contributed by atoms with E-state index in [2.05, 4.69) is 0 Å². The second-order valence-corrected chi connectivity index (χ2v) is 7.61. The van der Waals surface area contributed by atoms with E-state index in [9.17, 15) is 9.18 Å². The Morgan fingerprint density at radius 2 is 1.45 bits per heavy atom. The largest absolute Gasteiger partial charge is 0.274 e. The molecule has 0 aliphatic heterocycles. The van der Waals surface area contributed by atoms with Crippen LogP contribution in [0.2, 0.25) is 0 Å². The summed E-state index contributed by atoms with van der Waals surface area (Å²) in [7, 11) is 0. The maximum absolute atomic E-state index is 14.1. The van der Waals surface area contributed by atoms with Gasteiger partial charge in [-0.1, -0.05) is 90.2 Å². The zero-order valence-corrected chi connectivity index (χ0v) is 16.1. The molecule has 5 rings (SSSR count). The van der Waals surface area contributed by atoms with E-state index in [0.29, 0.717) is 15.1 Å². The summed E-state index contributed by atoms with van der Waals surface area (Å²) in [6.45, 7) is 0. The highest BCUT2D eigenvalue weighted by molar-refractivity contribution is 7.15. The van der Waals surface area contributed by atoms with Gasteiger partial charge in [-0.2, -0.15) is 0 Å². The number of nitrogens with zero attached hydrogens (tertiary/aromatic N) is 2. The molecule has 0 aliphatic carbocycles. The number of hydrogen-bond acceptors (Lipinski definition) is 3. The summed E-state index contributed by atoms with van der Waals surface area (Å²) in [5, 5.41) is 0. The van der Waals surface area contributed by atoms with Crippen molar-refractivity contribution in [3.63, 3.8) is 0 Å². The van der Waals surface area contributed by atoms with Gasteiger partial charge in [-0.3, -0.25) is 4.79 Å². The van der Waals surface area contributed by atoms with Crippen molar-refractivity contribution in [1.29, 1.82) is 0 Å². The highest BCUT2D eigenvalue weighted by atomic mass is 32.1. The van der Waals surface area contributed by atoms with Crippen LogP contribution in [-0.4, -0.2) is 9.38 Å². The minimum absolute atomic E-state index is 0.193. The molecule has 0 unspecified atom stereocenters. The summed E-state index contributed by atoms with van der Waals surface area (Å²) in [6, 6.07) is 26.0. The van der Waals surface area contributed by atoms with Gasteiger partial charge in [-0.25, -0.2) is 13.8 Å². The average Bonchev–Trinajstić information content (AvgIpc) is 3.28. The Morgan fingerprint density at radius 1 is 0.828 bits per heavy atom. The van der Waals surface area contributed by atoms with Crippen LogP contribution < -0.4 is 10.1 Å². The second-order valence-electron chi connectivity index (χ2n) is 6.60. The van der Waals surface area contributed by atoms with Gasteiger partial charge < -0.3 is 0 Å². The van der Waals surface area contributed by atoms with Crippen LogP contribution in [0.5, 0.6) is 0 Å². The molecule has 2 aromatic heterocycles. The molecule has 0 atom stereocenters. The molecule has 0 spiro atoms. The zero-order chi connectivity index (χ0) is 19.8. The van der Waals surface area contributed by atoms with Crippen LogP contribution in [-0.2, 0) is 0 Å². The van der Waals surface area contributed by atoms with Crippen molar-refractivity contribution in [2.24, 2.45) is 0 Å². The van der Waals surface area contributed by atoms with Gasteiger partial charge in [-0.15, -0.1) is 0 Å². The zero-order valence-electron chi connectivity index (χ0n) is 15.2. The first kappa shape index (κ1) is 17.5. The van der Waals surface area contributed by atoms with Gasteiger partial charge in [0.2, 0.25) is 0 Å². The molecular formula is C24H15FN2OS. The summed E-state index contributed by atoms with van der Waals surface area (Å²) < 4.78 is 16.2. The molecule has 0 saturated heterocycles. The fourth-order valence-electron chi connectivity index (χ4n) is 3.39. The van der Waals surface area contributed by atoms with Gasteiger partial charge in [0.25, 0.3) is 5.56 Å². The number of rotatable bonds is 3. The second kappa shape index (κ2) is 7.11. The fourth-order valence-corrected chi connectivity index (χ4v) is 4.36. The van der Waals surface area contributed by atoms with E-state index in [1.54, 1.807) is 28.7 Å². The molecule has 0 fully saturated rings. The summed E-state index contributed by atoms with van der Waals surface area (Å²) in [6.07, 6.45) is 1.59. The summed E-state index contributed by atoms with van der Waals surface area (Å²) in [5.41, 5.74) is 3.56. The van der Waals surface area contributed by atoms with Gasteiger partial charge in [0.15, 0.2) is 4.96 Å². The van der Waals surface area contributed by atoms with Crippen LogP contribution in [0.1, 0.15) is 5.56 Å². The van der Waals surface area contributed by atoms with Crippen molar-refractivity contribution in [2.75, 3.05) is 0 Å². The van der Waals surface area contributed by atoms with E-state index < -0.39 is 0 Å². The van der Waals surface area contributed by atoms with Crippen LogP contribution in [0.25, 0.3) is 33.6 Å². The highest BCUT2D eigenvalue weighted by Gasteiger charge is 2.19. The molecule has 0 aliphatic rings. The maximum atomic E-state index is 14.1. The summed E-state index contributed by atoms with van der Waals surface area (Å²) >= 11 is 1.27. The van der Waals surface area contributed by atoms with Crippen molar-refractivity contribution in [2.45, 2.75) is 0 Å². The molecule has 5 heteroatoms. The van der Waals surface area contributed by atoms with Gasteiger partial charge in [-0.05, 0) is 12.1 Å². The quantitative estimate of drug-likeness (QED) is 0.438. The highest BCUT2D eigenvalue weighted by Crippen LogP contribution is 2.32. The first-order chi connectivity index (χ1) is 14.2. The number of imidazole rings is 1. The predicted octanol–water partition coefficient (Wildman–Crippen LogP) is 4.78. The Hall–Kier alpha value is -3.57. The minimum atomic E-state index is -0.355. The van der Waals surface area contributed by atoms with Crippen molar-refractivity contribution >= 4 is 22.4 Å². The number of hydrogen-bond donors (Lipinski definition) is 0. The number of aromatic nitrogens is 2. The molecule has 140 valence electrons. The van der Waals surface area contributed by atoms with Crippen LogP contribution in [0.15, 0.2) is 89.7 Å². The van der Waals surface area contributed by atoms with Crippen LogP contribution in [0.3, 0.4) is 0 Å². The lowest BCUT2D eigenvalue weighted by molar-refractivity contribution is 0.625. The van der Waals surface area contributed by atoms with E-state index in [-0.39, 0.29) is 11.4 Å². The predicted molar refractivity (Wildman–Crippen MR) is 115 cm³/mol. The van der Waals surface area contributed by atoms with Gasteiger partial charge in [0, 0.05) is 16.7 Å². The Kier molecular flexibility index (Phi) is 4.30. The van der Waals surface area contributed by atoms with Crippen molar-refractivity contribution in [3.05, 3.63) is 111 Å². The van der Waals surface area contributed by atoms with Gasteiger partial charge in [0.1, 0.15) is 5.82 Å². The molecule has 5 aromatic rings. The van der Waals surface area contributed by atoms with Crippen molar-refractivity contribution in [3.8, 4) is 22.5 Å². The molecular weight excluding hydrogens is 383 g/mol. The number of benzene rings is 3. The van der Waals surface area contributed by atoms with E-state index in [1.165, 1.54) is 17.4 Å². The average molecular weight is 398 g/mol. The van der Waals surface area contributed by atoms with E-state index in [1.807, 2.05) is 60.7 Å². The Bertz CT molecular complexity index is 1420. The number of fused-ring (bicyclic) bond motifs is 1. The normalized spacial score (nSPS) is 12.0. The molecule has 0 N–H and O–H groups in total. The lowest BCUT2D eigenvalue weighted by atomic mass is 10.1. The van der Waals surface area contributed by atoms with Gasteiger partial charge >= 0.3 is 0 Å². The Labute approximate surface area is 170 Å². The molecule has 0 saturated carbocycles. The van der Waals surface area contributed by atoms with Crippen molar-refractivity contribution < 1.29 is 4.39 Å². The molecule has 2 heterocycles. The SMILES string of the molecule is O=c1/c(=C\c2ccccc2F)sc2nc(-c3ccccc3)c(-c3ccccc3)n12. The van der Waals surface area contributed by atoms with E-state index in [4.69, 9.17) is 4.98 Å². The fraction of sp³-hybridized carbons (Fsp3) is 0. The lowest BCUT2D eigenvalue weighted by Crippen LogP contribution is -2.23. The van der Waals surface area contributed by atoms with E-state index in [0.717, 1.165) is 22.5 Å². The molecule has 0 bridgehead atoms. The first-order valence-corrected chi connectivity index (χ1v) is 9.96. The maximum Gasteiger partial charge on any atom is 0.274 e. The third-order valence-electron chi connectivity index (χ3n) is 4.75. The summed E-state index contributed by atoms with van der Waals surface area (Å²) in [5.74, 6) is -0.355. The van der Waals surface area contributed by atoms with Crippen molar-refractivity contribution in [1.82, 2.24) is 9.38 Å². The smallest absolute Gasteiger partial charge is 0.267 e. The van der Waals surface area contributed by atoms with Gasteiger partial charge in [0.05, 0.1) is 15.9 Å².